The second kappa shape index (κ2) is 4.49. The maximum Gasteiger partial charge on any atom is 0.331 e. The Kier molecular flexibility index (Phi) is 3.55. The lowest BCUT2D eigenvalue weighted by molar-refractivity contribution is -0.132. The van der Waals surface area contributed by atoms with Gasteiger partial charge in [-0.25, -0.2) is 4.79 Å². The van der Waals surface area contributed by atoms with Crippen LogP contribution in [0, 0.1) is 0 Å². The predicted octanol–water partition coefficient (Wildman–Crippen LogP) is 3.48. The first kappa shape index (κ1) is 11.1. The molecule has 0 unspecified atom stereocenters. The van der Waals surface area contributed by atoms with E-state index < -0.39 is 5.97 Å². The molecule has 0 saturated heterocycles. The topological polar surface area (TPSA) is 37.3 Å². The van der Waals surface area contributed by atoms with Crippen LogP contribution in [0.2, 0.25) is 10.0 Å². The molecule has 2 nitrogen and oxygen atoms in total. The van der Waals surface area contributed by atoms with Crippen LogP contribution in [0.15, 0.2) is 23.8 Å². The van der Waals surface area contributed by atoms with E-state index in [4.69, 9.17) is 28.3 Å². The first-order valence-corrected chi connectivity index (χ1v) is 4.63. The van der Waals surface area contributed by atoms with Crippen LogP contribution in [-0.2, 0) is 4.79 Å². The van der Waals surface area contributed by atoms with Gasteiger partial charge in [-0.1, -0.05) is 29.3 Å². The van der Waals surface area contributed by atoms with Crippen LogP contribution in [0.1, 0.15) is 12.5 Å². The number of hydrogen-bond donors (Lipinski definition) is 1. The van der Waals surface area contributed by atoms with Gasteiger partial charge >= 0.3 is 5.97 Å². The maximum absolute atomic E-state index is 10.5. The van der Waals surface area contributed by atoms with Crippen LogP contribution in [0.4, 0.5) is 0 Å². The van der Waals surface area contributed by atoms with Crippen molar-refractivity contribution < 1.29 is 9.90 Å². The lowest BCUT2D eigenvalue weighted by Crippen LogP contribution is -1.95. The zero-order chi connectivity index (χ0) is 10.7. The highest BCUT2D eigenvalue weighted by Crippen LogP contribution is 2.23. The van der Waals surface area contributed by atoms with Gasteiger partial charge in [-0.15, -0.1) is 0 Å². The molecule has 0 radical (unpaired) electrons. The summed E-state index contributed by atoms with van der Waals surface area (Å²) in [6, 6.07) is 4.96. The largest absolute Gasteiger partial charge is 0.478 e. The van der Waals surface area contributed by atoms with Gasteiger partial charge in [0.05, 0.1) is 10.0 Å². The molecule has 1 aromatic rings. The number of carbonyl (C=O) groups is 1. The summed E-state index contributed by atoms with van der Waals surface area (Å²) < 4.78 is 0. The minimum Gasteiger partial charge on any atom is -0.478 e. The highest BCUT2D eigenvalue weighted by Gasteiger charge is 2.01. The summed E-state index contributed by atoms with van der Waals surface area (Å²) in [6.45, 7) is 1.52. The van der Waals surface area contributed by atoms with Crippen molar-refractivity contribution in [3.8, 4) is 0 Å². The summed E-state index contributed by atoms with van der Waals surface area (Å²) in [7, 11) is 0. The first-order chi connectivity index (χ1) is 6.50. The van der Waals surface area contributed by atoms with Crippen molar-refractivity contribution in [2.75, 3.05) is 0 Å². The number of aliphatic carboxylic acids is 1. The fourth-order valence-corrected chi connectivity index (χ4v) is 1.22. The van der Waals surface area contributed by atoms with E-state index in [0.717, 1.165) is 5.56 Å². The molecule has 1 aromatic carbocycles. The average Bonchev–Trinajstić information content (AvgIpc) is 2.11. The molecule has 0 aliphatic rings. The Morgan fingerprint density at radius 3 is 2.50 bits per heavy atom. The molecule has 0 amide bonds. The van der Waals surface area contributed by atoms with Crippen molar-refractivity contribution in [2.45, 2.75) is 6.92 Å². The fraction of sp³-hybridized carbons (Fsp3) is 0.100. The molecule has 0 saturated carbocycles. The molecule has 0 bridgehead atoms. The molecular formula is C10H8Cl2O2. The third kappa shape index (κ3) is 2.76. The van der Waals surface area contributed by atoms with Crippen LogP contribution in [0.25, 0.3) is 6.08 Å². The highest BCUT2D eigenvalue weighted by atomic mass is 35.5. The summed E-state index contributed by atoms with van der Waals surface area (Å²) in [6.07, 6.45) is 1.53. The van der Waals surface area contributed by atoms with E-state index in [1.165, 1.54) is 13.0 Å². The Morgan fingerprint density at radius 2 is 2.00 bits per heavy atom. The Labute approximate surface area is 91.8 Å². The molecule has 0 aliphatic heterocycles. The molecule has 4 heteroatoms. The molecule has 0 heterocycles. The molecular weight excluding hydrogens is 223 g/mol. The van der Waals surface area contributed by atoms with Gasteiger partial charge in [0, 0.05) is 5.57 Å². The Balaban J connectivity index is 3.04. The van der Waals surface area contributed by atoms with E-state index in [1.54, 1.807) is 18.2 Å². The normalized spacial score (nSPS) is 11.5. The smallest absolute Gasteiger partial charge is 0.331 e. The lowest BCUT2D eigenvalue weighted by atomic mass is 10.1. The minimum absolute atomic E-state index is 0.253. The lowest BCUT2D eigenvalue weighted by Gasteiger charge is -1.98. The zero-order valence-electron chi connectivity index (χ0n) is 7.42. The van der Waals surface area contributed by atoms with Crippen molar-refractivity contribution in [2.24, 2.45) is 0 Å². The molecule has 14 heavy (non-hydrogen) atoms. The summed E-state index contributed by atoms with van der Waals surface area (Å²) in [5.74, 6) is -0.948. The molecule has 1 rings (SSSR count). The van der Waals surface area contributed by atoms with Gasteiger partial charge in [-0.3, -0.25) is 0 Å². The van der Waals surface area contributed by atoms with Gasteiger partial charge in [0.15, 0.2) is 0 Å². The van der Waals surface area contributed by atoms with E-state index in [-0.39, 0.29) is 5.57 Å². The van der Waals surface area contributed by atoms with Crippen molar-refractivity contribution in [1.29, 1.82) is 0 Å². The van der Waals surface area contributed by atoms with Gasteiger partial charge in [0.25, 0.3) is 0 Å². The summed E-state index contributed by atoms with van der Waals surface area (Å²) in [5, 5.41) is 9.51. The highest BCUT2D eigenvalue weighted by molar-refractivity contribution is 6.42. The van der Waals surface area contributed by atoms with Gasteiger partial charge in [-0.2, -0.15) is 0 Å². The molecule has 0 spiro atoms. The van der Waals surface area contributed by atoms with Crippen LogP contribution in [-0.4, -0.2) is 11.1 Å². The average molecular weight is 231 g/mol. The minimum atomic E-state index is -0.948. The second-order valence-electron chi connectivity index (χ2n) is 2.81. The van der Waals surface area contributed by atoms with E-state index in [0.29, 0.717) is 10.0 Å². The van der Waals surface area contributed by atoms with Crippen molar-refractivity contribution in [3.05, 3.63) is 39.4 Å². The Bertz CT molecular complexity index is 397. The van der Waals surface area contributed by atoms with E-state index >= 15 is 0 Å². The van der Waals surface area contributed by atoms with Gasteiger partial charge < -0.3 is 5.11 Å². The number of halogens is 2. The molecule has 0 aromatic heterocycles. The summed E-state index contributed by atoms with van der Waals surface area (Å²) >= 11 is 11.5. The SMILES string of the molecule is CC(=Cc1ccc(Cl)c(Cl)c1)C(=O)O. The van der Waals surface area contributed by atoms with Gasteiger partial charge in [0.2, 0.25) is 0 Å². The monoisotopic (exact) mass is 230 g/mol. The second-order valence-corrected chi connectivity index (χ2v) is 3.62. The quantitative estimate of drug-likeness (QED) is 0.791. The van der Waals surface area contributed by atoms with E-state index in [1.807, 2.05) is 0 Å². The van der Waals surface area contributed by atoms with Crippen LogP contribution in [0.5, 0.6) is 0 Å². The fourth-order valence-electron chi connectivity index (χ4n) is 0.914. The molecule has 0 aliphatic carbocycles. The number of benzene rings is 1. The van der Waals surface area contributed by atoms with Gasteiger partial charge in [-0.05, 0) is 30.7 Å². The first-order valence-electron chi connectivity index (χ1n) is 3.87. The number of hydrogen-bond acceptors (Lipinski definition) is 1. The van der Waals surface area contributed by atoms with E-state index in [9.17, 15) is 4.79 Å². The van der Waals surface area contributed by atoms with Crippen molar-refractivity contribution in [1.82, 2.24) is 0 Å². The van der Waals surface area contributed by atoms with Crippen molar-refractivity contribution in [3.63, 3.8) is 0 Å². The molecule has 0 atom stereocenters. The number of carboxylic acids is 1. The van der Waals surface area contributed by atoms with Gasteiger partial charge in [0.1, 0.15) is 0 Å². The number of carboxylic acid groups (broad SMARTS) is 1. The summed E-state index contributed by atoms with van der Waals surface area (Å²) in [5.41, 5.74) is 0.975. The van der Waals surface area contributed by atoms with Crippen LogP contribution in [0.3, 0.4) is 0 Å². The predicted molar refractivity (Wildman–Crippen MR) is 57.7 cm³/mol. The van der Waals surface area contributed by atoms with Crippen LogP contribution >= 0.6 is 23.2 Å². The third-order valence-corrected chi connectivity index (χ3v) is 2.40. The Morgan fingerprint density at radius 1 is 1.36 bits per heavy atom. The number of rotatable bonds is 2. The molecule has 74 valence electrons. The Hall–Kier alpha value is -0.990. The van der Waals surface area contributed by atoms with E-state index in [2.05, 4.69) is 0 Å². The van der Waals surface area contributed by atoms with Crippen molar-refractivity contribution >= 4 is 35.2 Å². The zero-order valence-corrected chi connectivity index (χ0v) is 8.93. The summed E-state index contributed by atoms with van der Waals surface area (Å²) in [4.78, 5) is 10.5. The molecule has 0 fully saturated rings. The maximum atomic E-state index is 10.5. The molecule has 1 N–H and O–H groups in total. The standard InChI is InChI=1S/C10H8Cl2O2/c1-6(10(13)14)4-7-2-3-8(11)9(12)5-7/h2-5H,1H3,(H,13,14). The van der Waals surface area contributed by atoms with Crippen LogP contribution < -0.4 is 0 Å². The third-order valence-electron chi connectivity index (χ3n) is 1.66.